The number of carbonyl (C=O) groups excluding carboxylic acids is 1. The molecule has 0 radical (unpaired) electrons. The van der Waals surface area contributed by atoms with Crippen molar-refractivity contribution in [2.75, 3.05) is 34.0 Å². The predicted octanol–water partition coefficient (Wildman–Crippen LogP) is -3.41. The molecule has 38 heavy (non-hydrogen) atoms. The van der Waals surface area contributed by atoms with E-state index in [1.54, 1.807) is 0 Å². The summed E-state index contributed by atoms with van der Waals surface area (Å²) in [5, 5.41) is 80.1. The van der Waals surface area contributed by atoms with E-state index < -0.39 is 80.6 Å². The zero-order chi connectivity index (χ0) is 28.2. The van der Waals surface area contributed by atoms with E-state index in [9.17, 15) is 45.6 Å². The highest BCUT2D eigenvalue weighted by molar-refractivity contribution is 5.87. The summed E-state index contributed by atoms with van der Waals surface area (Å²) in [4.78, 5) is 12.7. The van der Waals surface area contributed by atoms with Gasteiger partial charge >= 0.3 is 5.97 Å². The van der Waals surface area contributed by atoms with Gasteiger partial charge in [0, 0.05) is 6.08 Å². The minimum absolute atomic E-state index is 0.0648. The lowest BCUT2D eigenvalue weighted by Gasteiger charge is -2.43. The lowest BCUT2D eigenvalue weighted by atomic mass is 9.99. The molecule has 15 nitrogen and oxygen atoms in total. The fraction of sp³-hybridized carbons (Fsp3) is 0.609. The van der Waals surface area contributed by atoms with Crippen LogP contribution in [0.15, 0.2) is 18.2 Å². The number of benzene rings is 1. The Labute approximate surface area is 216 Å². The van der Waals surface area contributed by atoms with E-state index in [4.69, 9.17) is 28.4 Å². The molecule has 1 aromatic rings. The fourth-order valence-corrected chi connectivity index (χ4v) is 4.11. The van der Waals surface area contributed by atoms with Crippen molar-refractivity contribution in [1.29, 1.82) is 0 Å². The molecule has 0 aliphatic carbocycles. The van der Waals surface area contributed by atoms with Gasteiger partial charge in [-0.2, -0.15) is 0 Å². The maximum atomic E-state index is 12.7. The normalized spacial score (nSPS) is 35.4. The highest BCUT2D eigenvalue weighted by Gasteiger charge is 2.60. The molecule has 0 unspecified atom stereocenters. The summed E-state index contributed by atoms with van der Waals surface area (Å²) in [5.41, 5.74) is 0.357. The van der Waals surface area contributed by atoms with Crippen LogP contribution in [0.4, 0.5) is 0 Å². The van der Waals surface area contributed by atoms with Crippen molar-refractivity contribution >= 4 is 12.0 Å². The first-order valence-corrected chi connectivity index (χ1v) is 11.4. The first kappa shape index (κ1) is 30.0. The van der Waals surface area contributed by atoms with Gasteiger partial charge in [0.1, 0.15) is 43.2 Å². The molecular weight excluding hydrogens is 516 g/mol. The lowest BCUT2D eigenvalue weighted by Crippen LogP contribution is -2.63. The number of aliphatic hydroxyl groups excluding tert-OH is 7. The third-order valence-electron chi connectivity index (χ3n) is 6.20. The second-order valence-electron chi connectivity index (χ2n) is 8.58. The first-order chi connectivity index (χ1) is 18.0. The molecule has 8 N–H and O–H groups in total. The molecule has 0 bridgehead atoms. The van der Waals surface area contributed by atoms with Gasteiger partial charge in [0.15, 0.2) is 23.9 Å². The first-order valence-electron chi connectivity index (χ1n) is 11.4. The van der Waals surface area contributed by atoms with E-state index in [0.717, 1.165) is 6.08 Å². The SMILES string of the molecule is COc1cc(C=CC(=O)O[C@H]2[C@H](O)[C@@H](CO)O[C@@]2(CO)O[C@@H]2O[C@H](CO)[C@@H](O)[C@H](O)[C@H]2O)cc(OC)c1O. The minimum Gasteiger partial charge on any atom is -0.502 e. The number of aliphatic hydroxyl groups is 7. The van der Waals surface area contributed by atoms with E-state index in [1.165, 1.54) is 32.4 Å². The summed E-state index contributed by atoms with van der Waals surface area (Å²) in [7, 11) is 2.64. The summed E-state index contributed by atoms with van der Waals surface area (Å²) in [6.07, 6.45) is -11.3. The number of ether oxygens (including phenoxy) is 6. The van der Waals surface area contributed by atoms with Crippen molar-refractivity contribution in [3.8, 4) is 17.2 Å². The largest absolute Gasteiger partial charge is 0.502 e. The molecule has 0 saturated carbocycles. The van der Waals surface area contributed by atoms with E-state index in [1.807, 2.05) is 0 Å². The van der Waals surface area contributed by atoms with E-state index in [2.05, 4.69) is 0 Å². The molecule has 1 aromatic carbocycles. The van der Waals surface area contributed by atoms with Crippen molar-refractivity contribution in [3.63, 3.8) is 0 Å². The minimum atomic E-state index is -2.39. The Morgan fingerprint density at radius 3 is 2.08 bits per heavy atom. The van der Waals surface area contributed by atoms with Crippen LogP contribution in [0.3, 0.4) is 0 Å². The maximum Gasteiger partial charge on any atom is 0.331 e. The van der Waals surface area contributed by atoms with Crippen molar-refractivity contribution < 1.29 is 74.1 Å². The molecule has 2 fully saturated rings. The van der Waals surface area contributed by atoms with Crippen LogP contribution in [0, 0.1) is 0 Å². The molecule has 214 valence electrons. The Hall–Kier alpha value is -2.57. The van der Waals surface area contributed by atoms with Crippen LogP contribution in [-0.2, 0) is 23.7 Å². The van der Waals surface area contributed by atoms with Gasteiger partial charge in [-0.25, -0.2) is 4.79 Å². The number of methoxy groups -OCH3 is 2. The summed E-state index contributed by atoms with van der Waals surface area (Å²) in [6, 6.07) is 2.80. The van der Waals surface area contributed by atoms with Crippen LogP contribution >= 0.6 is 0 Å². The smallest absolute Gasteiger partial charge is 0.331 e. The number of hydrogen-bond donors (Lipinski definition) is 8. The third kappa shape index (κ3) is 5.86. The fourth-order valence-electron chi connectivity index (χ4n) is 4.11. The zero-order valence-electron chi connectivity index (χ0n) is 20.5. The monoisotopic (exact) mass is 548 g/mol. The number of esters is 1. The molecule has 3 rings (SSSR count). The Morgan fingerprint density at radius 2 is 1.55 bits per heavy atom. The van der Waals surface area contributed by atoms with Crippen molar-refractivity contribution in [1.82, 2.24) is 0 Å². The van der Waals surface area contributed by atoms with Crippen molar-refractivity contribution in [3.05, 3.63) is 23.8 Å². The van der Waals surface area contributed by atoms with Gasteiger partial charge in [0.2, 0.25) is 11.5 Å². The Morgan fingerprint density at radius 1 is 0.947 bits per heavy atom. The number of carbonyl (C=O) groups is 1. The quantitative estimate of drug-likeness (QED) is 0.105. The van der Waals surface area contributed by atoms with Gasteiger partial charge in [0.25, 0.3) is 0 Å². The predicted molar refractivity (Wildman–Crippen MR) is 123 cm³/mol. The molecule has 15 heteroatoms. The van der Waals surface area contributed by atoms with Gasteiger partial charge in [-0.3, -0.25) is 0 Å². The average Bonchev–Trinajstić information content (AvgIpc) is 3.18. The van der Waals surface area contributed by atoms with Crippen molar-refractivity contribution in [2.24, 2.45) is 0 Å². The maximum absolute atomic E-state index is 12.7. The number of phenols is 1. The highest BCUT2D eigenvalue weighted by atomic mass is 16.8. The van der Waals surface area contributed by atoms with Gasteiger partial charge in [-0.05, 0) is 23.8 Å². The summed E-state index contributed by atoms with van der Waals surface area (Å²) in [5.74, 6) is -3.58. The summed E-state index contributed by atoms with van der Waals surface area (Å²) >= 11 is 0. The number of phenolic OH excluding ortho intramolecular Hbond substituents is 1. The Bertz CT molecular complexity index is 959. The molecule has 2 heterocycles. The van der Waals surface area contributed by atoms with Crippen LogP contribution in [0.25, 0.3) is 6.08 Å². The Kier molecular flexibility index (Phi) is 9.88. The second kappa shape index (κ2) is 12.5. The van der Waals surface area contributed by atoms with Crippen LogP contribution in [0.1, 0.15) is 5.56 Å². The second-order valence-corrected chi connectivity index (χ2v) is 8.58. The Balaban J connectivity index is 1.84. The van der Waals surface area contributed by atoms with Gasteiger partial charge in [-0.1, -0.05) is 0 Å². The van der Waals surface area contributed by atoms with Crippen molar-refractivity contribution in [2.45, 2.75) is 54.8 Å². The van der Waals surface area contributed by atoms with Crippen LogP contribution in [0.5, 0.6) is 17.2 Å². The topological polar surface area (TPSA) is 234 Å². The zero-order valence-corrected chi connectivity index (χ0v) is 20.5. The molecule has 0 amide bonds. The van der Waals surface area contributed by atoms with E-state index in [0.29, 0.717) is 5.56 Å². The summed E-state index contributed by atoms with van der Waals surface area (Å²) < 4.78 is 31.7. The molecule has 2 saturated heterocycles. The van der Waals surface area contributed by atoms with Gasteiger partial charge in [-0.15, -0.1) is 0 Å². The molecule has 0 aromatic heterocycles. The average molecular weight is 548 g/mol. The number of hydrogen-bond acceptors (Lipinski definition) is 15. The van der Waals surface area contributed by atoms with Gasteiger partial charge in [0.05, 0.1) is 27.4 Å². The van der Waals surface area contributed by atoms with Crippen LogP contribution in [-0.4, -0.2) is 136 Å². The third-order valence-corrected chi connectivity index (χ3v) is 6.20. The van der Waals surface area contributed by atoms with Crippen LogP contribution in [0.2, 0.25) is 0 Å². The molecular formula is C23H32O15. The molecule has 2 aliphatic rings. The molecule has 2 aliphatic heterocycles. The van der Waals surface area contributed by atoms with E-state index >= 15 is 0 Å². The lowest BCUT2D eigenvalue weighted by molar-refractivity contribution is -0.383. The number of rotatable bonds is 10. The standard InChI is InChI=1S/C23H32O15/c1-33-11-5-10(6-12(34-2)16(11)28)3-4-15(27)36-21-18(30)14(8-25)37-23(21,9-26)38-22-20(32)19(31)17(29)13(7-24)35-22/h3-6,13-14,17-22,24-26,28-32H,7-9H2,1-2H3/t13-,14-,17-,18-,19+,20-,21+,22+,23+/m1/s1. The highest BCUT2D eigenvalue weighted by Crippen LogP contribution is 2.39. The van der Waals surface area contributed by atoms with E-state index in [-0.39, 0.29) is 17.2 Å². The van der Waals surface area contributed by atoms with Gasteiger partial charge < -0.3 is 69.3 Å². The molecule has 9 atom stereocenters. The van der Waals surface area contributed by atoms with Crippen LogP contribution < -0.4 is 9.47 Å². The summed E-state index contributed by atoms with van der Waals surface area (Å²) in [6.45, 7) is -2.63. The number of aromatic hydroxyl groups is 1. The molecule has 0 spiro atoms.